The summed E-state index contributed by atoms with van der Waals surface area (Å²) >= 11 is 0. The molecule has 3 rings (SSSR count). The van der Waals surface area contributed by atoms with E-state index in [2.05, 4.69) is 15.2 Å². The third-order valence-electron chi connectivity index (χ3n) is 3.75. The maximum atomic E-state index is 10.8. The lowest BCUT2D eigenvalue weighted by molar-refractivity contribution is -0.384. The van der Waals surface area contributed by atoms with Gasteiger partial charge in [-0.3, -0.25) is 10.1 Å². The molecule has 0 bridgehead atoms. The molecule has 7 nitrogen and oxygen atoms in total. The molecule has 1 N–H and O–H groups in total. The highest BCUT2D eigenvalue weighted by Gasteiger charge is 2.13. The second-order valence-corrected chi connectivity index (χ2v) is 5.27. The third kappa shape index (κ3) is 3.49. The van der Waals surface area contributed by atoms with Gasteiger partial charge in [-0.15, -0.1) is 0 Å². The summed E-state index contributed by atoms with van der Waals surface area (Å²) in [5.41, 5.74) is 0.728. The minimum atomic E-state index is -0.412. The van der Waals surface area contributed by atoms with Crippen LogP contribution < -0.4 is 5.32 Å². The Bertz CT molecular complexity index is 650. The smallest absolute Gasteiger partial charge is 0.270 e. The molecule has 116 valence electrons. The normalized spacial score (nSPS) is 15.8. The molecule has 1 aromatic carbocycles. The van der Waals surface area contributed by atoms with Crippen molar-refractivity contribution < 1.29 is 9.34 Å². The molecule has 0 saturated carbocycles. The first-order valence-electron chi connectivity index (χ1n) is 7.35. The molecule has 1 fully saturated rings. The number of nitro groups is 1. The fourth-order valence-corrected chi connectivity index (χ4v) is 2.52. The van der Waals surface area contributed by atoms with Gasteiger partial charge in [-0.25, -0.2) is 4.98 Å². The summed E-state index contributed by atoms with van der Waals surface area (Å²) < 4.78 is 5.72. The number of oxazole rings is 1. The Hall–Kier alpha value is -2.25. The summed E-state index contributed by atoms with van der Waals surface area (Å²) in [6, 6.07) is 6.40. The van der Waals surface area contributed by atoms with Crippen LogP contribution in [-0.4, -0.2) is 47.5 Å². The van der Waals surface area contributed by atoms with Gasteiger partial charge in [0.05, 0.1) is 11.1 Å². The number of nitrogens with zero attached hydrogens (tertiary/aromatic N) is 3. The molecule has 7 heteroatoms. The Morgan fingerprint density at radius 1 is 1.36 bits per heavy atom. The van der Waals surface area contributed by atoms with Crippen LogP contribution in [0.15, 0.2) is 34.9 Å². The van der Waals surface area contributed by atoms with E-state index in [1.807, 2.05) is 0 Å². The summed E-state index contributed by atoms with van der Waals surface area (Å²) in [5, 5.41) is 14.1. The van der Waals surface area contributed by atoms with Gasteiger partial charge >= 0.3 is 0 Å². The first-order chi connectivity index (χ1) is 10.7. The van der Waals surface area contributed by atoms with Crippen molar-refractivity contribution in [1.29, 1.82) is 0 Å². The van der Waals surface area contributed by atoms with Crippen molar-refractivity contribution in [3.05, 3.63) is 46.5 Å². The lowest BCUT2D eigenvalue weighted by atomic mass is 10.2. The van der Waals surface area contributed by atoms with Crippen LogP contribution in [0.3, 0.4) is 0 Å². The zero-order valence-corrected chi connectivity index (χ0v) is 12.2. The summed E-state index contributed by atoms with van der Waals surface area (Å²) in [6.45, 7) is 5.03. The largest absolute Gasteiger partial charge is 0.441 e. The van der Waals surface area contributed by atoms with E-state index < -0.39 is 4.92 Å². The van der Waals surface area contributed by atoms with Gasteiger partial charge in [-0.2, -0.15) is 0 Å². The maximum Gasteiger partial charge on any atom is 0.270 e. The van der Waals surface area contributed by atoms with Crippen LogP contribution in [-0.2, 0) is 6.42 Å². The number of hydrogen-bond acceptors (Lipinski definition) is 6. The number of nitro benzene ring substituents is 1. The van der Waals surface area contributed by atoms with Crippen molar-refractivity contribution in [2.24, 2.45) is 0 Å². The topological polar surface area (TPSA) is 84.4 Å². The van der Waals surface area contributed by atoms with E-state index in [0.29, 0.717) is 17.2 Å². The maximum absolute atomic E-state index is 10.8. The zero-order valence-electron chi connectivity index (χ0n) is 12.2. The second-order valence-electron chi connectivity index (χ2n) is 5.27. The van der Waals surface area contributed by atoms with E-state index in [1.54, 1.807) is 18.3 Å². The van der Waals surface area contributed by atoms with Crippen LogP contribution in [0.5, 0.6) is 0 Å². The molecule has 0 atom stereocenters. The van der Waals surface area contributed by atoms with E-state index in [4.69, 9.17) is 4.42 Å². The van der Waals surface area contributed by atoms with Crippen molar-refractivity contribution in [3.8, 4) is 11.3 Å². The standard InChI is InChI=1S/C15H18N4O3/c20-19(21)13-3-1-2-12(10-13)14-11-17-15(22-14)4-7-18-8-5-16-6-9-18/h1-3,10-11,16H,4-9H2. The highest BCUT2D eigenvalue weighted by atomic mass is 16.6. The Kier molecular flexibility index (Phi) is 4.45. The molecule has 0 spiro atoms. The van der Waals surface area contributed by atoms with E-state index in [9.17, 15) is 10.1 Å². The highest BCUT2D eigenvalue weighted by Crippen LogP contribution is 2.24. The minimum Gasteiger partial charge on any atom is -0.441 e. The first kappa shape index (κ1) is 14.7. The number of rotatable bonds is 5. The molecule has 1 aliphatic rings. The average Bonchev–Trinajstić information content (AvgIpc) is 3.03. The van der Waals surface area contributed by atoms with Crippen LogP contribution >= 0.6 is 0 Å². The average molecular weight is 302 g/mol. The molecule has 22 heavy (non-hydrogen) atoms. The first-order valence-corrected chi connectivity index (χ1v) is 7.35. The fraction of sp³-hybridized carbons (Fsp3) is 0.400. The van der Waals surface area contributed by atoms with Crippen molar-refractivity contribution in [2.75, 3.05) is 32.7 Å². The summed E-state index contributed by atoms with van der Waals surface area (Å²) in [6.07, 6.45) is 2.38. The van der Waals surface area contributed by atoms with E-state index in [0.717, 1.165) is 39.1 Å². The SMILES string of the molecule is O=[N+]([O-])c1cccc(-c2cnc(CCN3CCNCC3)o2)c1. The quantitative estimate of drug-likeness (QED) is 0.668. The molecule has 1 aromatic heterocycles. The number of hydrogen-bond donors (Lipinski definition) is 1. The van der Waals surface area contributed by atoms with Gasteiger partial charge in [0.1, 0.15) is 0 Å². The number of benzene rings is 1. The molecular formula is C15H18N4O3. The molecule has 1 saturated heterocycles. The molecule has 0 aliphatic carbocycles. The van der Waals surface area contributed by atoms with Crippen LogP contribution in [0.4, 0.5) is 5.69 Å². The predicted octanol–water partition coefficient (Wildman–Crippen LogP) is 1.70. The number of nitrogens with one attached hydrogen (secondary N) is 1. The molecule has 0 radical (unpaired) electrons. The lowest BCUT2D eigenvalue weighted by Crippen LogP contribution is -2.44. The zero-order chi connectivity index (χ0) is 15.4. The van der Waals surface area contributed by atoms with Gasteiger partial charge in [0.25, 0.3) is 5.69 Å². The fourth-order valence-electron chi connectivity index (χ4n) is 2.52. The molecule has 2 aromatic rings. The van der Waals surface area contributed by atoms with Crippen molar-refractivity contribution in [1.82, 2.24) is 15.2 Å². The molecule has 0 amide bonds. The van der Waals surface area contributed by atoms with E-state index >= 15 is 0 Å². The summed E-state index contributed by atoms with van der Waals surface area (Å²) in [7, 11) is 0. The number of non-ortho nitro benzene ring substituents is 1. The van der Waals surface area contributed by atoms with Gasteiger partial charge in [-0.1, -0.05) is 12.1 Å². The van der Waals surface area contributed by atoms with E-state index in [1.165, 1.54) is 12.1 Å². The van der Waals surface area contributed by atoms with Crippen LogP contribution in [0, 0.1) is 10.1 Å². The van der Waals surface area contributed by atoms with Gasteiger partial charge < -0.3 is 14.6 Å². The van der Waals surface area contributed by atoms with Crippen LogP contribution in [0.25, 0.3) is 11.3 Å². The third-order valence-corrected chi connectivity index (χ3v) is 3.75. The Labute approximate surface area is 128 Å². The Morgan fingerprint density at radius 2 is 2.18 bits per heavy atom. The highest BCUT2D eigenvalue weighted by molar-refractivity contribution is 5.60. The Morgan fingerprint density at radius 3 is 2.95 bits per heavy atom. The van der Waals surface area contributed by atoms with E-state index in [-0.39, 0.29) is 5.69 Å². The van der Waals surface area contributed by atoms with Gasteiger partial charge in [-0.05, 0) is 0 Å². The second kappa shape index (κ2) is 6.67. The number of aromatic nitrogens is 1. The monoisotopic (exact) mass is 302 g/mol. The van der Waals surface area contributed by atoms with Gasteiger partial charge in [0.2, 0.25) is 0 Å². The summed E-state index contributed by atoms with van der Waals surface area (Å²) in [5.74, 6) is 1.24. The van der Waals surface area contributed by atoms with Crippen LogP contribution in [0.2, 0.25) is 0 Å². The van der Waals surface area contributed by atoms with Crippen molar-refractivity contribution in [3.63, 3.8) is 0 Å². The molecule has 1 aliphatic heterocycles. The molecule has 0 unspecified atom stereocenters. The minimum absolute atomic E-state index is 0.0521. The predicted molar refractivity (Wildman–Crippen MR) is 81.6 cm³/mol. The van der Waals surface area contributed by atoms with Gasteiger partial charge in [0, 0.05) is 56.8 Å². The lowest BCUT2D eigenvalue weighted by Gasteiger charge is -2.26. The molecular weight excluding hydrogens is 284 g/mol. The molecule has 2 heterocycles. The number of piperazine rings is 1. The summed E-state index contributed by atoms with van der Waals surface area (Å²) in [4.78, 5) is 17.0. The Balaban J connectivity index is 1.65. The van der Waals surface area contributed by atoms with Gasteiger partial charge in [0.15, 0.2) is 11.7 Å². The van der Waals surface area contributed by atoms with Crippen LogP contribution in [0.1, 0.15) is 5.89 Å². The van der Waals surface area contributed by atoms with Crippen molar-refractivity contribution >= 4 is 5.69 Å². The van der Waals surface area contributed by atoms with Crippen molar-refractivity contribution in [2.45, 2.75) is 6.42 Å².